The van der Waals surface area contributed by atoms with Gasteiger partial charge in [-0.3, -0.25) is 4.90 Å². The Balaban J connectivity index is 2.08. The molecule has 0 bridgehead atoms. The van der Waals surface area contributed by atoms with Gasteiger partial charge in [0.05, 0.1) is 18.8 Å². The largest absolute Gasteiger partial charge is 0.379 e. The van der Waals surface area contributed by atoms with Crippen LogP contribution in [0.5, 0.6) is 0 Å². The quantitative estimate of drug-likeness (QED) is 0.684. The first-order valence-electron chi connectivity index (χ1n) is 6.09. The Bertz CT molecular complexity index is 408. The van der Waals surface area contributed by atoms with Gasteiger partial charge in [0.1, 0.15) is 0 Å². The maximum Gasteiger partial charge on any atom is 0.0774 e. The minimum atomic E-state index is -0.0837. The Morgan fingerprint density at radius 3 is 2.41 bits per heavy atom. The van der Waals surface area contributed by atoms with E-state index in [-0.39, 0.29) is 5.54 Å². The van der Waals surface area contributed by atoms with Crippen molar-refractivity contribution in [1.29, 1.82) is 0 Å². The average molecular weight is 229 g/mol. The number of morpholine rings is 1. The summed E-state index contributed by atoms with van der Waals surface area (Å²) in [5.41, 5.74) is 0.994. The molecule has 90 valence electrons. The van der Waals surface area contributed by atoms with Crippen molar-refractivity contribution in [2.24, 2.45) is 0 Å². The van der Waals surface area contributed by atoms with Crippen LogP contribution in [-0.2, 0) is 4.74 Å². The molecule has 0 saturated carbocycles. The number of hydrogen-bond donors (Lipinski definition) is 0. The molecule has 2 rings (SSSR count). The lowest BCUT2D eigenvalue weighted by Gasteiger charge is -2.37. The third kappa shape index (κ3) is 3.33. The van der Waals surface area contributed by atoms with Crippen LogP contribution in [0, 0.1) is 11.8 Å². The van der Waals surface area contributed by atoms with Crippen LogP contribution in [0.3, 0.4) is 0 Å². The van der Waals surface area contributed by atoms with Crippen LogP contribution in [0.1, 0.15) is 19.4 Å². The Morgan fingerprint density at radius 2 is 1.76 bits per heavy atom. The normalized spacial score (nSPS) is 17.3. The molecule has 1 aliphatic heterocycles. The molecule has 1 fully saturated rings. The SMILES string of the molecule is CC(C)(C#Cc1ccccc1)N1CCOCC1. The summed E-state index contributed by atoms with van der Waals surface area (Å²) in [7, 11) is 0. The van der Waals surface area contributed by atoms with E-state index in [2.05, 4.69) is 30.6 Å². The predicted octanol–water partition coefficient (Wildman–Crippen LogP) is 2.15. The van der Waals surface area contributed by atoms with E-state index in [1.54, 1.807) is 0 Å². The van der Waals surface area contributed by atoms with Gasteiger partial charge < -0.3 is 4.74 Å². The Kier molecular flexibility index (Phi) is 3.83. The van der Waals surface area contributed by atoms with Crippen molar-refractivity contribution < 1.29 is 4.74 Å². The van der Waals surface area contributed by atoms with E-state index < -0.39 is 0 Å². The highest BCUT2D eigenvalue weighted by atomic mass is 16.5. The van der Waals surface area contributed by atoms with Gasteiger partial charge in [-0.1, -0.05) is 30.0 Å². The highest BCUT2D eigenvalue weighted by molar-refractivity contribution is 5.36. The first kappa shape index (κ1) is 12.2. The molecule has 0 aromatic heterocycles. The number of benzene rings is 1. The molecule has 0 unspecified atom stereocenters. The van der Waals surface area contributed by atoms with E-state index in [1.165, 1.54) is 0 Å². The number of hydrogen-bond acceptors (Lipinski definition) is 2. The summed E-state index contributed by atoms with van der Waals surface area (Å²) >= 11 is 0. The minimum absolute atomic E-state index is 0.0837. The molecule has 1 heterocycles. The zero-order chi connectivity index (χ0) is 12.1. The van der Waals surface area contributed by atoms with Crippen LogP contribution in [0.25, 0.3) is 0 Å². The molecule has 0 amide bonds. The highest BCUT2D eigenvalue weighted by Crippen LogP contribution is 2.15. The highest BCUT2D eigenvalue weighted by Gasteiger charge is 2.25. The van der Waals surface area contributed by atoms with Crippen molar-refractivity contribution in [3.63, 3.8) is 0 Å². The van der Waals surface area contributed by atoms with Gasteiger partial charge in [0, 0.05) is 18.7 Å². The lowest BCUT2D eigenvalue weighted by atomic mass is 10.0. The average Bonchev–Trinajstić information content (AvgIpc) is 2.39. The molecular weight excluding hydrogens is 210 g/mol. The lowest BCUT2D eigenvalue weighted by molar-refractivity contribution is 0.00739. The summed E-state index contributed by atoms with van der Waals surface area (Å²) in [6.07, 6.45) is 0. The Hall–Kier alpha value is -1.30. The van der Waals surface area contributed by atoms with Gasteiger partial charge in [0.25, 0.3) is 0 Å². The fraction of sp³-hybridized carbons (Fsp3) is 0.467. The molecular formula is C15H19NO. The molecule has 2 heteroatoms. The summed E-state index contributed by atoms with van der Waals surface area (Å²) in [6.45, 7) is 7.92. The lowest BCUT2D eigenvalue weighted by Crippen LogP contribution is -2.49. The van der Waals surface area contributed by atoms with Gasteiger partial charge in [0.2, 0.25) is 0 Å². The van der Waals surface area contributed by atoms with Gasteiger partial charge in [0.15, 0.2) is 0 Å². The van der Waals surface area contributed by atoms with Crippen molar-refractivity contribution in [3.05, 3.63) is 35.9 Å². The zero-order valence-electron chi connectivity index (χ0n) is 10.6. The van der Waals surface area contributed by atoms with E-state index >= 15 is 0 Å². The van der Waals surface area contributed by atoms with Crippen LogP contribution in [0.4, 0.5) is 0 Å². The molecule has 1 aliphatic rings. The van der Waals surface area contributed by atoms with Crippen molar-refractivity contribution in [1.82, 2.24) is 4.90 Å². The topological polar surface area (TPSA) is 12.5 Å². The van der Waals surface area contributed by atoms with Gasteiger partial charge in [-0.25, -0.2) is 0 Å². The summed E-state index contributed by atoms with van der Waals surface area (Å²) in [5.74, 6) is 6.62. The van der Waals surface area contributed by atoms with Crippen LogP contribution >= 0.6 is 0 Å². The van der Waals surface area contributed by atoms with Gasteiger partial charge in [-0.15, -0.1) is 0 Å². The van der Waals surface area contributed by atoms with Crippen molar-refractivity contribution in [2.45, 2.75) is 19.4 Å². The molecule has 0 spiro atoms. The van der Waals surface area contributed by atoms with E-state index in [0.29, 0.717) is 0 Å². The number of nitrogens with zero attached hydrogens (tertiary/aromatic N) is 1. The first-order chi connectivity index (χ1) is 8.18. The standard InChI is InChI=1S/C15H19NO/c1-15(2,16-10-12-17-13-11-16)9-8-14-6-4-3-5-7-14/h3-7H,10-13H2,1-2H3. The zero-order valence-corrected chi connectivity index (χ0v) is 10.6. The summed E-state index contributed by atoms with van der Waals surface area (Å²) in [5, 5.41) is 0. The second kappa shape index (κ2) is 5.35. The molecule has 1 saturated heterocycles. The predicted molar refractivity (Wildman–Crippen MR) is 69.8 cm³/mol. The van der Waals surface area contributed by atoms with Crippen molar-refractivity contribution >= 4 is 0 Å². The minimum Gasteiger partial charge on any atom is -0.379 e. The fourth-order valence-corrected chi connectivity index (χ4v) is 1.95. The third-order valence-corrected chi connectivity index (χ3v) is 3.09. The molecule has 0 aliphatic carbocycles. The van der Waals surface area contributed by atoms with E-state index in [4.69, 9.17) is 4.74 Å². The van der Waals surface area contributed by atoms with E-state index in [1.807, 2.05) is 30.3 Å². The second-order valence-corrected chi connectivity index (χ2v) is 4.77. The Labute approximate surface area is 104 Å². The number of ether oxygens (including phenoxy) is 1. The molecule has 1 aromatic carbocycles. The molecule has 0 N–H and O–H groups in total. The van der Waals surface area contributed by atoms with Crippen LogP contribution in [-0.4, -0.2) is 36.7 Å². The maximum atomic E-state index is 5.37. The fourth-order valence-electron chi connectivity index (χ4n) is 1.95. The van der Waals surface area contributed by atoms with Crippen molar-refractivity contribution in [3.8, 4) is 11.8 Å². The van der Waals surface area contributed by atoms with E-state index in [9.17, 15) is 0 Å². The molecule has 0 atom stereocenters. The van der Waals surface area contributed by atoms with Crippen LogP contribution in [0.2, 0.25) is 0 Å². The molecule has 2 nitrogen and oxygen atoms in total. The monoisotopic (exact) mass is 229 g/mol. The van der Waals surface area contributed by atoms with Gasteiger partial charge in [-0.05, 0) is 26.0 Å². The summed E-state index contributed by atoms with van der Waals surface area (Å²) in [6, 6.07) is 10.1. The number of rotatable bonds is 1. The summed E-state index contributed by atoms with van der Waals surface area (Å²) in [4.78, 5) is 2.38. The first-order valence-corrected chi connectivity index (χ1v) is 6.09. The Morgan fingerprint density at radius 1 is 1.12 bits per heavy atom. The molecule has 1 aromatic rings. The van der Waals surface area contributed by atoms with Gasteiger partial charge in [-0.2, -0.15) is 0 Å². The molecule has 0 radical (unpaired) electrons. The van der Waals surface area contributed by atoms with Gasteiger partial charge >= 0.3 is 0 Å². The molecule has 17 heavy (non-hydrogen) atoms. The maximum absolute atomic E-state index is 5.37. The smallest absolute Gasteiger partial charge is 0.0774 e. The van der Waals surface area contributed by atoms with E-state index in [0.717, 1.165) is 31.9 Å². The third-order valence-electron chi connectivity index (χ3n) is 3.09. The second-order valence-electron chi connectivity index (χ2n) is 4.77. The van der Waals surface area contributed by atoms with Crippen molar-refractivity contribution in [2.75, 3.05) is 26.3 Å². The van der Waals surface area contributed by atoms with Crippen LogP contribution < -0.4 is 0 Å². The van der Waals surface area contributed by atoms with Crippen LogP contribution in [0.15, 0.2) is 30.3 Å². The summed E-state index contributed by atoms with van der Waals surface area (Å²) < 4.78 is 5.37.